The minimum atomic E-state index is -0.947. The Morgan fingerprint density at radius 1 is 1.34 bits per heavy atom. The van der Waals surface area contributed by atoms with Crippen LogP contribution in [0.3, 0.4) is 0 Å². The number of nitrogens with one attached hydrogen (secondary N) is 2. The first-order valence-corrected chi connectivity index (χ1v) is 9.61. The number of hydrogen-bond donors (Lipinski definition) is 2. The van der Waals surface area contributed by atoms with E-state index in [2.05, 4.69) is 15.6 Å². The molecule has 1 aliphatic heterocycles. The zero-order valence-corrected chi connectivity index (χ0v) is 16.0. The third kappa shape index (κ3) is 3.37. The first kappa shape index (κ1) is 19.1. The summed E-state index contributed by atoms with van der Waals surface area (Å²) in [5.41, 5.74) is 0.0706. The molecule has 2 aromatic rings. The summed E-state index contributed by atoms with van der Waals surface area (Å²) in [5, 5.41) is 5.44. The predicted octanol–water partition coefficient (Wildman–Crippen LogP) is 1.88. The fraction of sp³-hybridized carbons (Fsp3) is 0.400. The number of urea groups is 1. The van der Waals surface area contributed by atoms with Crippen molar-refractivity contribution in [2.24, 2.45) is 0 Å². The van der Waals surface area contributed by atoms with Crippen LogP contribution < -0.4 is 10.6 Å². The van der Waals surface area contributed by atoms with E-state index >= 15 is 0 Å². The number of halogens is 1. The van der Waals surface area contributed by atoms with E-state index < -0.39 is 29.3 Å². The second-order valence-electron chi connectivity index (χ2n) is 7.54. The lowest BCUT2D eigenvalue weighted by Gasteiger charge is -2.23. The van der Waals surface area contributed by atoms with E-state index in [9.17, 15) is 18.8 Å². The van der Waals surface area contributed by atoms with Crippen LogP contribution in [0.25, 0.3) is 5.69 Å². The van der Waals surface area contributed by atoms with Crippen molar-refractivity contribution in [3.8, 4) is 5.69 Å². The van der Waals surface area contributed by atoms with Crippen molar-refractivity contribution in [2.45, 2.75) is 50.7 Å². The Bertz CT molecular complexity index is 953. The highest BCUT2D eigenvalue weighted by molar-refractivity contribution is 6.09. The van der Waals surface area contributed by atoms with E-state index in [1.54, 1.807) is 29.1 Å². The second kappa shape index (κ2) is 7.31. The molecule has 4 rings (SSSR count). The van der Waals surface area contributed by atoms with Gasteiger partial charge in [-0.05, 0) is 37.5 Å². The number of carbonyl (C=O) groups excluding carboxylic acids is 3. The minimum Gasteiger partial charge on any atom is -0.350 e. The minimum absolute atomic E-state index is 0.0824. The Morgan fingerprint density at radius 3 is 2.76 bits per heavy atom. The van der Waals surface area contributed by atoms with Gasteiger partial charge < -0.3 is 15.2 Å². The number of hydrogen-bond acceptors (Lipinski definition) is 4. The number of carbonyl (C=O) groups is 3. The van der Waals surface area contributed by atoms with Gasteiger partial charge in [0, 0.05) is 18.9 Å². The van der Waals surface area contributed by atoms with Crippen LogP contribution in [0, 0.1) is 5.82 Å². The van der Waals surface area contributed by atoms with Crippen LogP contribution in [-0.4, -0.2) is 43.9 Å². The van der Waals surface area contributed by atoms with Crippen LogP contribution in [0.1, 0.15) is 38.2 Å². The van der Waals surface area contributed by atoms with Crippen molar-refractivity contribution in [3.63, 3.8) is 0 Å². The molecule has 1 saturated carbocycles. The Labute approximate surface area is 167 Å². The molecule has 9 heteroatoms. The molecule has 1 saturated heterocycles. The molecular formula is C20H22FN5O3. The highest BCUT2D eigenvalue weighted by Crippen LogP contribution is 2.35. The van der Waals surface area contributed by atoms with E-state index in [4.69, 9.17) is 0 Å². The summed E-state index contributed by atoms with van der Waals surface area (Å²) < 4.78 is 15.9. The summed E-state index contributed by atoms with van der Waals surface area (Å²) in [6.07, 6.45) is 7.64. The van der Waals surface area contributed by atoms with Gasteiger partial charge in [0.1, 0.15) is 17.4 Å². The first-order chi connectivity index (χ1) is 13.9. The summed E-state index contributed by atoms with van der Waals surface area (Å²) in [4.78, 5) is 42.5. The number of amides is 4. The molecule has 1 aromatic heterocycles. The molecule has 0 radical (unpaired) electrons. The highest BCUT2D eigenvalue weighted by atomic mass is 19.1. The molecule has 152 valence electrons. The Balaban J connectivity index is 1.40. The normalized spacial score (nSPS) is 18.9. The SMILES string of the molecule is CC(C(=O)NCc1ccc(-n2ccnc2)c(F)c1)N1C(=O)NC2(CCCC2)C1=O. The van der Waals surface area contributed by atoms with Gasteiger partial charge in [-0.2, -0.15) is 0 Å². The maximum absolute atomic E-state index is 14.3. The maximum atomic E-state index is 14.3. The molecule has 1 aromatic carbocycles. The summed E-state index contributed by atoms with van der Waals surface area (Å²) in [7, 11) is 0. The lowest BCUT2D eigenvalue weighted by atomic mass is 9.97. The van der Waals surface area contributed by atoms with Crippen molar-refractivity contribution >= 4 is 17.8 Å². The Kier molecular flexibility index (Phi) is 4.81. The first-order valence-electron chi connectivity index (χ1n) is 9.61. The molecule has 29 heavy (non-hydrogen) atoms. The molecule has 2 heterocycles. The average Bonchev–Trinajstić information content (AvgIpc) is 3.42. The maximum Gasteiger partial charge on any atom is 0.325 e. The van der Waals surface area contributed by atoms with Crippen LogP contribution in [-0.2, 0) is 16.1 Å². The average molecular weight is 399 g/mol. The standard InChI is InChI=1S/C20H22FN5O3/c1-13(26-18(28)20(24-19(26)29)6-2-3-7-20)17(27)23-11-14-4-5-16(15(21)10-14)25-9-8-22-12-25/h4-5,8-10,12-13H,2-3,6-7,11H2,1H3,(H,23,27)(H,24,29). The lowest BCUT2D eigenvalue weighted by molar-refractivity contribution is -0.137. The molecule has 1 unspecified atom stereocenters. The molecule has 4 amide bonds. The molecule has 2 fully saturated rings. The van der Waals surface area contributed by atoms with Gasteiger partial charge in [-0.15, -0.1) is 0 Å². The summed E-state index contributed by atoms with van der Waals surface area (Å²) in [6.45, 7) is 1.60. The quantitative estimate of drug-likeness (QED) is 0.751. The fourth-order valence-electron chi connectivity index (χ4n) is 4.04. The number of imidazole rings is 1. The number of benzene rings is 1. The lowest BCUT2D eigenvalue weighted by Crippen LogP contribution is -2.49. The van der Waals surface area contributed by atoms with Gasteiger partial charge >= 0.3 is 6.03 Å². The van der Waals surface area contributed by atoms with Gasteiger partial charge in [0.2, 0.25) is 5.91 Å². The topological polar surface area (TPSA) is 96.3 Å². The van der Waals surface area contributed by atoms with Crippen molar-refractivity contribution in [1.29, 1.82) is 0 Å². The van der Waals surface area contributed by atoms with E-state index in [1.165, 1.54) is 19.3 Å². The monoisotopic (exact) mass is 399 g/mol. The summed E-state index contributed by atoms with van der Waals surface area (Å²) >= 11 is 0. The second-order valence-corrected chi connectivity index (χ2v) is 7.54. The van der Waals surface area contributed by atoms with E-state index in [-0.39, 0.29) is 12.5 Å². The third-order valence-electron chi connectivity index (χ3n) is 5.68. The van der Waals surface area contributed by atoms with Crippen molar-refractivity contribution in [2.75, 3.05) is 0 Å². The summed E-state index contributed by atoms with van der Waals surface area (Å²) in [6, 6.07) is 3.16. The van der Waals surface area contributed by atoms with Gasteiger partial charge in [-0.3, -0.25) is 9.59 Å². The third-order valence-corrected chi connectivity index (χ3v) is 5.68. The number of imide groups is 1. The van der Waals surface area contributed by atoms with Crippen LogP contribution in [0.2, 0.25) is 0 Å². The van der Waals surface area contributed by atoms with Gasteiger partial charge in [0.25, 0.3) is 5.91 Å². The smallest absolute Gasteiger partial charge is 0.325 e. The van der Waals surface area contributed by atoms with E-state index in [0.29, 0.717) is 24.1 Å². The molecule has 1 atom stereocenters. The van der Waals surface area contributed by atoms with Gasteiger partial charge in [-0.25, -0.2) is 19.1 Å². The zero-order valence-electron chi connectivity index (χ0n) is 16.0. The van der Waals surface area contributed by atoms with Gasteiger partial charge in [0.15, 0.2) is 0 Å². The van der Waals surface area contributed by atoms with Crippen LogP contribution in [0.4, 0.5) is 9.18 Å². The van der Waals surface area contributed by atoms with Gasteiger partial charge in [-0.1, -0.05) is 18.9 Å². The zero-order chi connectivity index (χ0) is 20.6. The molecular weight excluding hydrogens is 377 g/mol. The summed E-state index contributed by atoms with van der Waals surface area (Å²) in [5.74, 6) is -1.25. The highest BCUT2D eigenvalue weighted by Gasteiger charge is 2.54. The van der Waals surface area contributed by atoms with Crippen molar-refractivity contribution in [3.05, 3.63) is 48.3 Å². The molecule has 1 spiro atoms. The molecule has 2 aliphatic rings. The largest absolute Gasteiger partial charge is 0.350 e. The molecule has 2 N–H and O–H groups in total. The van der Waals surface area contributed by atoms with Crippen LogP contribution in [0.15, 0.2) is 36.9 Å². The van der Waals surface area contributed by atoms with E-state index in [1.807, 2.05) is 0 Å². The number of aromatic nitrogens is 2. The number of nitrogens with zero attached hydrogens (tertiary/aromatic N) is 3. The van der Waals surface area contributed by atoms with Crippen molar-refractivity contribution in [1.82, 2.24) is 25.1 Å². The van der Waals surface area contributed by atoms with Gasteiger partial charge in [0.05, 0.1) is 12.0 Å². The number of rotatable bonds is 5. The molecule has 0 bridgehead atoms. The van der Waals surface area contributed by atoms with E-state index in [0.717, 1.165) is 17.7 Å². The Morgan fingerprint density at radius 2 is 2.10 bits per heavy atom. The van der Waals surface area contributed by atoms with Crippen LogP contribution >= 0.6 is 0 Å². The molecule has 8 nitrogen and oxygen atoms in total. The van der Waals surface area contributed by atoms with Crippen molar-refractivity contribution < 1.29 is 18.8 Å². The Hall–Kier alpha value is -3.23. The molecule has 1 aliphatic carbocycles. The predicted molar refractivity (Wildman–Crippen MR) is 101 cm³/mol. The fourth-order valence-corrected chi connectivity index (χ4v) is 4.04. The van der Waals surface area contributed by atoms with Crippen LogP contribution in [0.5, 0.6) is 0 Å².